The van der Waals surface area contributed by atoms with Crippen LogP contribution in [-0.2, 0) is 22.6 Å². The quantitative estimate of drug-likeness (QED) is 0.646. The van der Waals surface area contributed by atoms with Crippen molar-refractivity contribution in [2.45, 2.75) is 20.0 Å². The van der Waals surface area contributed by atoms with Crippen LogP contribution in [0.25, 0.3) is 4.96 Å². The van der Waals surface area contributed by atoms with Crippen molar-refractivity contribution in [3.05, 3.63) is 67.0 Å². The molecule has 3 rings (SSSR count). The van der Waals surface area contributed by atoms with Crippen LogP contribution in [0.5, 0.6) is 0 Å². The Labute approximate surface area is 151 Å². The van der Waals surface area contributed by atoms with Crippen molar-refractivity contribution < 1.29 is 9.53 Å². The molecule has 24 heavy (non-hydrogen) atoms. The first kappa shape index (κ1) is 17.0. The summed E-state index contributed by atoms with van der Waals surface area (Å²) in [6.07, 6.45) is 0.0657. The van der Waals surface area contributed by atoms with E-state index in [1.807, 2.05) is 12.3 Å². The van der Waals surface area contributed by atoms with E-state index in [4.69, 9.17) is 27.9 Å². The standard InChI is InChI=1S/C16H12Cl2N2O3S/c1-9-8-24-16-19-11(6-14(21)20(9)16)7-23-15(22)5-10-2-3-12(17)13(18)4-10/h2-4,6,8H,5,7H2,1H3. The summed E-state index contributed by atoms with van der Waals surface area (Å²) in [5.74, 6) is -0.433. The SMILES string of the molecule is Cc1csc2nc(COC(=O)Cc3ccc(Cl)c(Cl)c3)cc(=O)n12. The summed E-state index contributed by atoms with van der Waals surface area (Å²) < 4.78 is 6.71. The lowest BCUT2D eigenvalue weighted by atomic mass is 10.1. The Hall–Kier alpha value is -1.89. The third kappa shape index (κ3) is 3.61. The number of halogens is 2. The number of esters is 1. The van der Waals surface area contributed by atoms with E-state index in [0.717, 1.165) is 5.69 Å². The first-order valence-electron chi connectivity index (χ1n) is 7.00. The van der Waals surface area contributed by atoms with E-state index < -0.39 is 5.97 Å². The molecule has 0 spiro atoms. The number of aryl methyl sites for hydroxylation is 1. The Morgan fingerprint density at radius 2 is 2.08 bits per heavy atom. The molecule has 0 radical (unpaired) electrons. The number of aromatic nitrogens is 2. The van der Waals surface area contributed by atoms with Crippen LogP contribution in [0.2, 0.25) is 10.0 Å². The van der Waals surface area contributed by atoms with E-state index in [-0.39, 0.29) is 18.6 Å². The maximum atomic E-state index is 12.0. The molecule has 2 aromatic heterocycles. The van der Waals surface area contributed by atoms with E-state index in [1.54, 1.807) is 18.2 Å². The number of fused-ring (bicyclic) bond motifs is 1. The number of carbonyl (C=O) groups excluding carboxylic acids is 1. The Morgan fingerprint density at radius 3 is 2.83 bits per heavy atom. The van der Waals surface area contributed by atoms with Crippen LogP contribution in [0.1, 0.15) is 17.0 Å². The molecule has 0 amide bonds. The molecule has 8 heteroatoms. The van der Waals surface area contributed by atoms with Crippen molar-refractivity contribution in [2.24, 2.45) is 0 Å². The number of carbonyl (C=O) groups is 1. The van der Waals surface area contributed by atoms with Crippen molar-refractivity contribution in [3.8, 4) is 0 Å². The van der Waals surface area contributed by atoms with Gasteiger partial charge in [-0.2, -0.15) is 0 Å². The summed E-state index contributed by atoms with van der Waals surface area (Å²) in [5.41, 5.74) is 1.76. The van der Waals surface area contributed by atoms with E-state index in [2.05, 4.69) is 4.98 Å². The van der Waals surface area contributed by atoms with Gasteiger partial charge in [-0.05, 0) is 24.6 Å². The highest BCUT2D eigenvalue weighted by Crippen LogP contribution is 2.23. The molecular weight excluding hydrogens is 371 g/mol. The number of rotatable bonds is 4. The molecule has 0 N–H and O–H groups in total. The average Bonchev–Trinajstić information content (AvgIpc) is 2.91. The van der Waals surface area contributed by atoms with Crippen LogP contribution >= 0.6 is 34.5 Å². The van der Waals surface area contributed by atoms with Crippen molar-refractivity contribution in [3.63, 3.8) is 0 Å². The van der Waals surface area contributed by atoms with Gasteiger partial charge in [-0.25, -0.2) is 4.98 Å². The van der Waals surface area contributed by atoms with Crippen LogP contribution in [0, 0.1) is 6.92 Å². The first-order chi connectivity index (χ1) is 11.4. The fourth-order valence-corrected chi connectivity index (χ4v) is 3.41. The van der Waals surface area contributed by atoms with Crippen molar-refractivity contribution >= 4 is 45.5 Å². The van der Waals surface area contributed by atoms with Crippen LogP contribution in [0.15, 0.2) is 34.4 Å². The summed E-state index contributed by atoms with van der Waals surface area (Å²) in [7, 11) is 0. The average molecular weight is 383 g/mol. The lowest BCUT2D eigenvalue weighted by Crippen LogP contribution is -2.16. The number of hydrogen-bond donors (Lipinski definition) is 0. The van der Waals surface area contributed by atoms with E-state index in [9.17, 15) is 9.59 Å². The number of hydrogen-bond acceptors (Lipinski definition) is 5. The summed E-state index contributed by atoms with van der Waals surface area (Å²) in [6, 6.07) is 6.33. The molecule has 124 valence electrons. The summed E-state index contributed by atoms with van der Waals surface area (Å²) >= 11 is 13.1. The molecule has 0 unspecified atom stereocenters. The monoisotopic (exact) mass is 382 g/mol. The molecule has 3 aromatic rings. The minimum absolute atomic E-state index is 0.0527. The molecule has 0 saturated carbocycles. The predicted molar refractivity (Wildman–Crippen MR) is 94.0 cm³/mol. The Kier molecular flexibility index (Phi) is 4.89. The highest BCUT2D eigenvalue weighted by molar-refractivity contribution is 7.15. The molecule has 0 aliphatic carbocycles. The minimum atomic E-state index is -0.433. The molecule has 1 aromatic carbocycles. The van der Waals surface area contributed by atoms with E-state index >= 15 is 0 Å². The van der Waals surface area contributed by atoms with Gasteiger partial charge in [0.25, 0.3) is 5.56 Å². The third-order valence-electron chi connectivity index (χ3n) is 3.34. The molecule has 5 nitrogen and oxygen atoms in total. The molecular formula is C16H12Cl2N2O3S. The van der Waals surface area contributed by atoms with Crippen LogP contribution in [0.4, 0.5) is 0 Å². The topological polar surface area (TPSA) is 60.7 Å². The van der Waals surface area contributed by atoms with E-state index in [1.165, 1.54) is 21.8 Å². The van der Waals surface area contributed by atoms with Crippen LogP contribution < -0.4 is 5.56 Å². The highest BCUT2D eigenvalue weighted by atomic mass is 35.5. The third-order valence-corrected chi connectivity index (χ3v) is 5.02. The Morgan fingerprint density at radius 1 is 1.29 bits per heavy atom. The van der Waals surface area contributed by atoms with Gasteiger partial charge in [0.15, 0.2) is 4.96 Å². The zero-order valence-electron chi connectivity index (χ0n) is 12.6. The lowest BCUT2D eigenvalue weighted by Gasteiger charge is -2.06. The predicted octanol–water partition coefficient (Wildman–Crippen LogP) is 3.66. The fraction of sp³-hybridized carbons (Fsp3) is 0.188. The van der Waals surface area contributed by atoms with Gasteiger partial charge in [0.2, 0.25) is 0 Å². The van der Waals surface area contributed by atoms with Gasteiger partial charge < -0.3 is 4.74 Å². The minimum Gasteiger partial charge on any atom is -0.459 e. The van der Waals surface area contributed by atoms with Crippen LogP contribution in [-0.4, -0.2) is 15.4 Å². The van der Waals surface area contributed by atoms with Gasteiger partial charge in [-0.15, -0.1) is 11.3 Å². The number of ether oxygens (including phenoxy) is 1. The summed E-state index contributed by atoms with van der Waals surface area (Å²) in [6.45, 7) is 1.78. The molecule has 0 aliphatic rings. The van der Waals surface area contributed by atoms with Crippen molar-refractivity contribution in [1.29, 1.82) is 0 Å². The maximum Gasteiger partial charge on any atom is 0.310 e. The first-order valence-corrected chi connectivity index (χ1v) is 8.64. The number of benzene rings is 1. The molecule has 0 atom stereocenters. The molecule has 0 saturated heterocycles. The number of thiazole rings is 1. The van der Waals surface area contributed by atoms with Gasteiger partial charge in [-0.1, -0.05) is 29.3 Å². The smallest absolute Gasteiger partial charge is 0.310 e. The second kappa shape index (κ2) is 6.93. The lowest BCUT2D eigenvalue weighted by molar-refractivity contribution is -0.144. The van der Waals surface area contributed by atoms with E-state index in [0.29, 0.717) is 26.3 Å². The number of nitrogens with zero attached hydrogens (tertiary/aromatic N) is 2. The normalized spacial score (nSPS) is 11.0. The Bertz CT molecular complexity index is 981. The molecule has 2 heterocycles. The zero-order valence-corrected chi connectivity index (χ0v) is 14.9. The van der Waals surface area contributed by atoms with Gasteiger partial charge in [-0.3, -0.25) is 14.0 Å². The fourth-order valence-electron chi connectivity index (χ4n) is 2.20. The van der Waals surface area contributed by atoms with Gasteiger partial charge in [0, 0.05) is 17.1 Å². The summed E-state index contributed by atoms with van der Waals surface area (Å²) in [5, 5.41) is 2.66. The zero-order chi connectivity index (χ0) is 17.3. The molecule has 0 fully saturated rings. The Balaban J connectivity index is 1.68. The molecule has 0 bridgehead atoms. The molecule has 0 aliphatic heterocycles. The van der Waals surface area contributed by atoms with Crippen molar-refractivity contribution in [1.82, 2.24) is 9.38 Å². The highest BCUT2D eigenvalue weighted by Gasteiger charge is 2.10. The van der Waals surface area contributed by atoms with Gasteiger partial charge in [0.05, 0.1) is 22.2 Å². The second-order valence-corrected chi connectivity index (χ2v) is 6.82. The van der Waals surface area contributed by atoms with Crippen LogP contribution in [0.3, 0.4) is 0 Å². The largest absolute Gasteiger partial charge is 0.459 e. The summed E-state index contributed by atoms with van der Waals surface area (Å²) in [4.78, 5) is 28.9. The van der Waals surface area contributed by atoms with Gasteiger partial charge >= 0.3 is 5.97 Å². The van der Waals surface area contributed by atoms with Gasteiger partial charge in [0.1, 0.15) is 6.61 Å². The van der Waals surface area contributed by atoms with Crippen molar-refractivity contribution in [2.75, 3.05) is 0 Å². The maximum absolute atomic E-state index is 12.0. The second-order valence-electron chi connectivity index (χ2n) is 5.17.